The lowest BCUT2D eigenvalue weighted by Crippen LogP contribution is -2.15. The predicted molar refractivity (Wildman–Crippen MR) is 85.3 cm³/mol. The summed E-state index contributed by atoms with van der Waals surface area (Å²) in [6.07, 6.45) is 2.26. The molecule has 1 saturated carbocycles. The zero-order valence-corrected chi connectivity index (χ0v) is 13.8. The van der Waals surface area contributed by atoms with E-state index < -0.39 is 8.07 Å². The van der Waals surface area contributed by atoms with Gasteiger partial charge < -0.3 is 4.74 Å². The SMILES string of the molecule is CCOC(=O)[C@H]1[C@H](/C=C/[Si](C)(C)C)[C@@H]1c1ccccc1. The Morgan fingerprint density at radius 3 is 2.45 bits per heavy atom. The molecule has 20 heavy (non-hydrogen) atoms. The molecule has 1 aliphatic rings. The highest BCUT2D eigenvalue weighted by Crippen LogP contribution is 2.55. The van der Waals surface area contributed by atoms with Gasteiger partial charge >= 0.3 is 5.97 Å². The second kappa shape index (κ2) is 5.96. The summed E-state index contributed by atoms with van der Waals surface area (Å²) in [5.74, 6) is 0.558. The molecule has 0 N–H and O–H groups in total. The van der Waals surface area contributed by atoms with E-state index in [1.165, 1.54) is 5.56 Å². The van der Waals surface area contributed by atoms with Crippen LogP contribution in [0.5, 0.6) is 0 Å². The first-order valence-electron chi connectivity index (χ1n) is 7.35. The second-order valence-electron chi connectivity index (χ2n) is 6.52. The van der Waals surface area contributed by atoms with Crippen molar-refractivity contribution in [3.8, 4) is 0 Å². The first-order valence-corrected chi connectivity index (χ1v) is 10.9. The molecule has 108 valence electrons. The maximum Gasteiger partial charge on any atom is 0.310 e. The van der Waals surface area contributed by atoms with Crippen molar-refractivity contribution < 1.29 is 9.53 Å². The van der Waals surface area contributed by atoms with Gasteiger partial charge in [-0.1, -0.05) is 61.7 Å². The number of carbonyl (C=O) groups is 1. The summed E-state index contributed by atoms with van der Waals surface area (Å²) in [6, 6.07) is 10.3. The lowest BCUT2D eigenvalue weighted by molar-refractivity contribution is -0.145. The molecule has 0 unspecified atom stereocenters. The van der Waals surface area contributed by atoms with Crippen LogP contribution in [0.25, 0.3) is 0 Å². The fourth-order valence-corrected chi connectivity index (χ4v) is 3.42. The molecule has 1 fully saturated rings. The summed E-state index contributed by atoms with van der Waals surface area (Å²) in [5, 5.41) is 0. The number of ether oxygens (including phenoxy) is 1. The number of benzene rings is 1. The Morgan fingerprint density at radius 1 is 1.25 bits per heavy atom. The van der Waals surface area contributed by atoms with Crippen molar-refractivity contribution in [2.24, 2.45) is 11.8 Å². The summed E-state index contributed by atoms with van der Waals surface area (Å²) in [4.78, 5) is 12.1. The molecule has 0 heterocycles. The van der Waals surface area contributed by atoms with Crippen LogP contribution in [0.4, 0.5) is 0 Å². The monoisotopic (exact) mass is 288 g/mol. The van der Waals surface area contributed by atoms with Crippen molar-refractivity contribution in [2.45, 2.75) is 32.5 Å². The minimum atomic E-state index is -1.23. The number of esters is 1. The first-order chi connectivity index (χ1) is 9.44. The van der Waals surface area contributed by atoms with E-state index in [1.807, 2.05) is 25.1 Å². The smallest absolute Gasteiger partial charge is 0.310 e. The molecule has 0 aliphatic heterocycles. The molecule has 1 aliphatic carbocycles. The van der Waals surface area contributed by atoms with Gasteiger partial charge in [0.25, 0.3) is 0 Å². The third-order valence-electron chi connectivity index (χ3n) is 3.64. The lowest BCUT2D eigenvalue weighted by Gasteiger charge is -2.07. The van der Waals surface area contributed by atoms with Gasteiger partial charge in [-0.05, 0) is 18.4 Å². The number of rotatable bonds is 5. The van der Waals surface area contributed by atoms with Crippen LogP contribution in [0, 0.1) is 11.8 Å². The van der Waals surface area contributed by atoms with Gasteiger partial charge in [0.05, 0.1) is 20.6 Å². The van der Waals surface area contributed by atoms with Crippen molar-refractivity contribution in [3.05, 3.63) is 47.7 Å². The summed E-state index contributed by atoms with van der Waals surface area (Å²) < 4.78 is 5.22. The van der Waals surface area contributed by atoms with Crippen LogP contribution in [-0.4, -0.2) is 20.7 Å². The van der Waals surface area contributed by atoms with Crippen LogP contribution in [0.15, 0.2) is 42.1 Å². The molecule has 3 atom stereocenters. The Hall–Kier alpha value is -1.35. The first kappa shape index (κ1) is 15.0. The average Bonchev–Trinajstić information content (AvgIpc) is 3.11. The molecule has 0 bridgehead atoms. The molecule has 1 aromatic carbocycles. The topological polar surface area (TPSA) is 26.3 Å². The van der Waals surface area contributed by atoms with Gasteiger partial charge in [0.1, 0.15) is 0 Å². The lowest BCUT2D eigenvalue weighted by atomic mass is 10.1. The summed E-state index contributed by atoms with van der Waals surface area (Å²) >= 11 is 0. The maximum atomic E-state index is 12.1. The second-order valence-corrected chi connectivity index (χ2v) is 11.6. The zero-order chi connectivity index (χ0) is 14.8. The Morgan fingerprint density at radius 2 is 1.90 bits per heavy atom. The van der Waals surface area contributed by atoms with Crippen LogP contribution < -0.4 is 0 Å². The predicted octanol–water partition coefficient (Wildman–Crippen LogP) is 4.01. The van der Waals surface area contributed by atoms with E-state index in [4.69, 9.17) is 4.74 Å². The Bertz CT molecular complexity index is 487. The molecule has 3 heteroatoms. The molecule has 2 nitrogen and oxygen atoms in total. The van der Waals surface area contributed by atoms with E-state index >= 15 is 0 Å². The minimum absolute atomic E-state index is 0.00458. The van der Waals surface area contributed by atoms with Gasteiger partial charge in [-0.25, -0.2) is 0 Å². The molecule has 0 saturated heterocycles. The average molecular weight is 288 g/mol. The Kier molecular flexibility index (Phi) is 4.48. The van der Waals surface area contributed by atoms with Gasteiger partial charge in [-0.3, -0.25) is 4.79 Å². The molecular weight excluding hydrogens is 264 g/mol. The van der Waals surface area contributed by atoms with Crippen LogP contribution in [0.2, 0.25) is 19.6 Å². The van der Waals surface area contributed by atoms with Crippen molar-refractivity contribution >= 4 is 14.0 Å². The Balaban J connectivity index is 2.16. The van der Waals surface area contributed by atoms with E-state index in [9.17, 15) is 4.79 Å². The highest BCUT2D eigenvalue weighted by molar-refractivity contribution is 6.80. The minimum Gasteiger partial charge on any atom is -0.466 e. The van der Waals surface area contributed by atoms with Gasteiger partial charge in [0.2, 0.25) is 0 Å². The van der Waals surface area contributed by atoms with Crippen molar-refractivity contribution in [2.75, 3.05) is 6.61 Å². The van der Waals surface area contributed by atoms with Crippen molar-refractivity contribution in [1.29, 1.82) is 0 Å². The van der Waals surface area contributed by atoms with Gasteiger partial charge in [0, 0.05) is 5.92 Å². The molecule has 0 aromatic heterocycles. The van der Waals surface area contributed by atoms with E-state index in [-0.39, 0.29) is 11.9 Å². The number of hydrogen-bond acceptors (Lipinski definition) is 2. The van der Waals surface area contributed by atoms with Crippen molar-refractivity contribution in [1.82, 2.24) is 0 Å². The summed E-state index contributed by atoms with van der Waals surface area (Å²) in [5.41, 5.74) is 3.59. The molecule has 0 radical (unpaired) electrons. The van der Waals surface area contributed by atoms with Crippen LogP contribution in [-0.2, 0) is 9.53 Å². The number of carbonyl (C=O) groups excluding carboxylic acids is 1. The Labute approximate surface area is 122 Å². The molecule has 0 spiro atoms. The standard InChI is InChI=1S/C17H24O2Si/c1-5-19-17(18)16-14(11-12-20(2,3)4)15(16)13-9-7-6-8-10-13/h6-12,14-16H,5H2,1-4H3/b12-11+/t14-,15+,16+/m1/s1. The van der Waals surface area contributed by atoms with Crippen molar-refractivity contribution in [3.63, 3.8) is 0 Å². The fourth-order valence-electron chi connectivity index (χ4n) is 2.62. The normalized spacial score (nSPS) is 25.7. The number of hydrogen-bond donors (Lipinski definition) is 0. The zero-order valence-electron chi connectivity index (χ0n) is 12.8. The van der Waals surface area contributed by atoms with E-state index in [0.717, 1.165) is 0 Å². The molecule has 2 rings (SSSR count). The quantitative estimate of drug-likeness (QED) is 0.604. The molecule has 1 aromatic rings. The molecule has 0 amide bonds. The fraction of sp³-hybridized carbons (Fsp3) is 0.471. The van der Waals surface area contributed by atoms with E-state index in [1.54, 1.807) is 0 Å². The highest BCUT2D eigenvalue weighted by atomic mass is 28.3. The van der Waals surface area contributed by atoms with E-state index in [0.29, 0.717) is 18.4 Å². The van der Waals surface area contributed by atoms with Crippen LogP contribution in [0.1, 0.15) is 18.4 Å². The largest absolute Gasteiger partial charge is 0.466 e. The maximum absolute atomic E-state index is 12.1. The third kappa shape index (κ3) is 3.60. The summed E-state index contributed by atoms with van der Waals surface area (Å²) in [7, 11) is -1.23. The highest BCUT2D eigenvalue weighted by Gasteiger charge is 2.54. The summed E-state index contributed by atoms with van der Waals surface area (Å²) in [6.45, 7) is 9.25. The van der Waals surface area contributed by atoms with Crippen LogP contribution >= 0.6 is 0 Å². The van der Waals surface area contributed by atoms with Gasteiger partial charge in [0.15, 0.2) is 0 Å². The molecular formula is C17H24O2Si. The van der Waals surface area contributed by atoms with Gasteiger partial charge in [-0.2, -0.15) is 0 Å². The van der Waals surface area contributed by atoms with Gasteiger partial charge in [-0.15, -0.1) is 0 Å². The number of allylic oxidation sites excluding steroid dienone is 1. The third-order valence-corrected chi connectivity index (χ3v) is 4.83. The van der Waals surface area contributed by atoms with E-state index in [2.05, 4.69) is 43.5 Å². The van der Waals surface area contributed by atoms with Crippen LogP contribution in [0.3, 0.4) is 0 Å².